The first kappa shape index (κ1) is 15.0. The first-order chi connectivity index (χ1) is 9.76. The van der Waals surface area contributed by atoms with Crippen molar-refractivity contribution in [1.29, 1.82) is 0 Å². The van der Waals surface area contributed by atoms with Crippen LogP contribution in [0.15, 0.2) is 6.33 Å². The summed E-state index contributed by atoms with van der Waals surface area (Å²) in [4.78, 5) is 11.0. The van der Waals surface area contributed by atoms with Gasteiger partial charge in [0.15, 0.2) is 0 Å². The average Bonchev–Trinajstić information content (AvgIpc) is 2.48. The van der Waals surface area contributed by atoms with E-state index in [1.54, 1.807) is 6.33 Å². The molecule has 2 heterocycles. The zero-order valence-corrected chi connectivity index (χ0v) is 12.9. The van der Waals surface area contributed by atoms with Gasteiger partial charge in [0.2, 0.25) is 5.88 Å². The zero-order chi connectivity index (χ0) is 14.4. The topological polar surface area (TPSA) is 50.3 Å². The Hall–Kier alpha value is -1.36. The molecule has 5 nitrogen and oxygen atoms in total. The van der Waals surface area contributed by atoms with Crippen molar-refractivity contribution in [1.82, 2.24) is 15.3 Å². The molecule has 1 aliphatic rings. The smallest absolute Gasteiger partial charge is 0.221 e. The predicted molar refractivity (Wildman–Crippen MR) is 81.4 cm³/mol. The number of piperidine rings is 1. The second-order valence-electron chi connectivity index (χ2n) is 5.38. The van der Waals surface area contributed by atoms with Crippen molar-refractivity contribution in [3.05, 3.63) is 11.9 Å². The minimum absolute atomic E-state index is 0.642. The fraction of sp³-hybridized carbons (Fsp3) is 0.733. The molecular weight excluding hydrogens is 252 g/mol. The molecule has 0 atom stereocenters. The lowest BCUT2D eigenvalue weighted by atomic mass is 9.93. The van der Waals surface area contributed by atoms with Gasteiger partial charge < -0.3 is 15.0 Å². The van der Waals surface area contributed by atoms with Crippen LogP contribution in [0.4, 0.5) is 5.82 Å². The Kier molecular flexibility index (Phi) is 5.59. The Labute approximate surface area is 121 Å². The number of anilines is 1. The Balaban J connectivity index is 1.98. The Morgan fingerprint density at radius 1 is 1.35 bits per heavy atom. The molecular formula is C15H26N4O. The van der Waals surface area contributed by atoms with Crippen LogP contribution in [-0.4, -0.2) is 43.3 Å². The average molecular weight is 278 g/mol. The summed E-state index contributed by atoms with van der Waals surface area (Å²) in [6, 6.07) is 0. The Morgan fingerprint density at radius 3 is 2.75 bits per heavy atom. The van der Waals surface area contributed by atoms with E-state index in [9.17, 15) is 0 Å². The molecule has 1 aromatic rings. The molecule has 112 valence electrons. The molecule has 0 bridgehead atoms. The maximum absolute atomic E-state index is 5.56. The van der Waals surface area contributed by atoms with Crippen LogP contribution in [-0.2, 0) is 0 Å². The summed E-state index contributed by atoms with van der Waals surface area (Å²) in [5, 5.41) is 3.24. The van der Waals surface area contributed by atoms with Crippen LogP contribution in [0.3, 0.4) is 0 Å². The van der Waals surface area contributed by atoms with Crippen LogP contribution in [0, 0.1) is 12.8 Å². The van der Waals surface area contributed by atoms with Gasteiger partial charge in [0.25, 0.3) is 0 Å². The molecule has 20 heavy (non-hydrogen) atoms. The molecule has 1 fully saturated rings. The number of aromatic nitrogens is 2. The van der Waals surface area contributed by atoms with Crippen molar-refractivity contribution in [2.24, 2.45) is 5.92 Å². The van der Waals surface area contributed by atoms with Gasteiger partial charge in [-0.25, -0.2) is 9.97 Å². The first-order valence-corrected chi connectivity index (χ1v) is 7.60. The van der Waals surface area contributed by atoms with Crippen LogP contribution in [0.1, 0.15) is 31.7 Å². The van der Waals surface area contributed by atoms with E-state index in [1.807, 2.05) is 20.9 Å². The van der Waals surface area contributed by atoms with E-state index in [0.717, 1.165) is 42.8 Å². The number of ether oxygens (including phenoxy) is 1. The molecule has 0 saturated carbocycles. The van der Waals surface area contributed by atoms with E-state index in [1.165, 1.54) is 19.3 Å². The first-order valence-electron chi connectivity index (χ1n) is 7.60. The number of rotatable bonds is 6. The third-order valence-corrected chi connectivity index (χ3v) is 4.01. The SMILES string of the molecule is CCOc1ncnc(N2CCC(CCNC)CC2)c1C. The largest absolute Gasteiger partial charge is 0.478 e. The minimum Gasteiger partial charge on any atom is -0.478 e. The van der Waals surface area contributed by atoms with Crippen molar-refractivity contribution in [2.75, 3.05) is 38.2 Å². The van der Waals surface area contributed by atoms with Gasteiger partial charge in [-0.15, -0.1) is 0 Å². The molecule has 1 aromatic heterocycles. The summed E-state index contributed by atoms with van der Waals surface area (Å²) in [5.41, 5.74) is 1.06. The van der Waals surface area contributed by atoms with Gasteiger partial charge in [-0.1, -0.05) is 0 Å². The predicted octanol–water partition coefficient (Wildman–Crippen LogP) is 2.01. The molecule has 5 heteroatoms. The molecule has 1 saturated heterocycles. The third kappa shape index (κ3) is 3.60. The molecule has 0 radical (unpaired) electrons. The lowest BCUT2D eigenvalue weighted by Crippen LogP contribution is -2.35. The minimum atomic E-state index is 0.642. The van der Waals surface area contributed by atoms with Gasteiger partial charge in [-0.05, 0) is 52.6 Å². The molecule has 0 amide bonds. The van der Waals surface area contributed by atoms with E-state index in [0.29, 0.717) is 6.61 Å². The van der Waals surface area contributed by atoms with Crippen molar-refractivity contribution in [3.8, 4) is 5.88 Å². The fourth-order valence-electron chi connectivity index (χ4n) is 2.81. The highest BCUT2D eigenvalue weighted by atomic mass is 16.5. The second kappa shape index (κ2) is 7.43. The molecule has 0 spiro atoms. The lowest BCUT2D eigenvalue weighted by Gasteiger charge is -2.33. The summed E-state index contributed by atoms with van der Waals surface area (Å²) in [7, 11) is 2.02. The van der Waals surface area contributed by atoms with Gasteiger partial charge in [0.1, 0.15) is 12.1 Å². The van der Waals surface area contributed by atoms with E-state index in [2.05, 4.69) is 20.2 Å². The van der Waals surface area contributed by atoms with Crippen molar-refractivity contribution >= 4 is 5.82 Å². The molecule has 0 aliphatic carbocycles. The van der Waals surface area contributed by atoms with E-state index in [-0.39, 0.29) is 0 Å². The number of hydrogen-bond acceptors (Lipinski definition) is 5. The number of nitrogens with one attached hydrogen (secondary N) is 1. The van der Waals surface area contributed by atoms with Crippen molar-refractivity contribution in [3.63, 3.8) is 0 Å². The summed E-state index contributed by atoms with van der Waals surface area (Å²) < 4.78 is 5.56. The lowest BCUT2D eigenvalue weighted by molar-refractivity contribution is 0.323. The molecule has 1 aliphatic heterocycles. The summed E-state index contributed by atoms with van der Waals surface area (Å²) in [6.45, 7) is 7.95. The van der Waals surface area contributed by atoms with Gasteiger partial charge >= 0.3 is 0 Å². The highest BCUT2D eigenvalue weighted by Gasteiger charge is 2.22. The van der Waals surface area contributed by atoms with Crippen molar-refractivity contribution in [2.45, 2.75) is 33.1 Å². The normalized spacial score (nSPS) is 16.4. The van der Waals surface area contributed by atoms with E-state index < -0.39 is 0 Å². The van der Waals surface area contributed by atoms with Crippen LogP contribution >= 0.6 is 0 Å². The fourth-order valence-corrected chi connectivity index (χ4v) is 2.81. The molecule has 0 aromatic carbocycles. The van der Waals surface area contributed by atoms with Gasteiger partial charge in [0, 0.05) is 13.1 Å². The molecule has 1 N–H and O–H groups in total. The highest BCUT2D eigenvalue weighted by Crippen LogP contribution is 2.28. The maximum atomic E-state index is 5.56. The van der Waals surface area contributed by atoms with Gasteiger partial charge in [-0.3, -0.25) is 0 Å². The van der Waals surface area contributed by atoms with Crippen LogP contribution in [0.25, 0.3) is 0 Å². The monoisotopic (exact) mass is 278 g/mol. The van der Waals surface area contributed by atoms with Crippen LogP contribution < -0.4 is 15.0 Å². The maximum Gasteiger partial charge on any atom is 0.221 e. The van der Waals surface area contributed by atoms with E-state index in [4.69, 9.17) is 4.74 Å². The van der Waals surface area contributed by atoms with Gasteiger partial charge in [-0.2, -0.15) is 0 Å². The summed E-state index contributed by atoms with van der Waals surface area (Å²) in [5.74, 6) is 2.59. The third-order valence-electron chi connectivity index (χ3n) is 4.01. The Morgan fingerprint density at radius 2 is 2.10 bits per heavy atom. The van der Waals surface area contributed by atoms with Crippen LogP contribution in [0.5, 0.6) is 5.88 Å². The highest BCUT2D eigenvalue weighted by molar-refractivity contribution is 5.50. The Bertz CT molecular complexity index is 416. The number of nitrogens with zero attached hydrogens (tertiary/aromatic N) is 3. The second-order valence-corrected chi connectivity index (χ2v) is 5.38. The van der Waals surface area contributed by atoms with Gasteiger partial charge in [0.05, 0.1) is 12.2 Å². The number of hydrogen-bond donors (Lipinski definition) is 1. The van der Waals surface area contributed by atoms with Crippen molar-refractivity contribution < 1.29 is 4.74 Å². The van der Waals surface area contributed by atoms with E-state index >= 15 is 0 Å². The van der Waals surface area contributed by atoms with Crippen LogP contribution in [0.2, 0.25) is 0 Å². The molecule has 0 unspecified atom stereocenters. The quantitative estimate of drug-likeness (QED) is 0.862. The molecule has 2 rings (SSSR count). The zero-order valence-electron chi connectivity index (χ0n) is 12.9. The standard InChI is InChI=1S/C15H26N4O/c1-4-20-15-12(2)14(17-11-18-15)19-9-6-13(7-10-19)5-8-16-3/h11,13,16H,4-10H2,1-3H3. The summed E-state index contributed by atoms with van der Waals surface area (Å²) >= 11 is 0. The summed E-state index contributed by atoms with van der Waals surface area (Å²) in [6.07, 6.45) is 5.38.